The Hall–Kier alpha value is -2.47. The molecule has 20 heavy (non-hydrogen) atoms. The summed E-state index contributed by atoms with van der Waals surface area (Å²) in [6, 6.07) is 9.87. The standard InChI is InChI=1S/C14H10N4OS/c1-19-10-2-3-11-12(8-10)20-14-17-16-13(18(11)14)9-4-6-15-7-5-9/h2-8H,1H3. The fourth-order valence-corrected chi connectivity index (χ4v) is 3.22. The van der Waals surface area contributed by atoms with Gasteiger partial charge in [-0.05, 0) is 30.3 Å². The van der Waals surface area contributed by atoms with Crippen molar-refractivity contribution in [2.75, 3.05) is 7.11 Å². The number of benzene rings is 1. The quantitative estimate of drug-likeness (QED) is 0.567. The highest BCUT2D eigenvalue weighted by Gasteiger charge is 2.14. The SMILES string of the molecule is COc1ccc2c(c1)sc1nnc(-c3ccncc3)n12. The lowest BCUT2D eigenvalue weighted by Gasteiger charge is -2.00. The van der Waals surface area contributed by atoms with Crippen LogP contribution in [0.4, 0.5) is 0 Å². The molecule has 0 spiro atoms. The van der Waals surface area contributed by atoms with Gasteiger partial charge in [-0.2, -0.15) is 0 Å². The zero-order chi connectivity index (χ0) is 13.5. The molecule has 3 aromatic heterocycles. The first-order valence-electron chi connectivity index (χ1n) is 6.09. The molecular weight excluding hydrogens is 272 g/mol. The van der Waals surface area contributed by atoms with Gasteiger partial charge in [0.25, 0.3) is 0 Å². The summed E-state index contributed by atoms with van der Waals surface area (Å²) in [5, 5.41) is 8.54. The summed E-state index contributed by atoms with van der Waals surface area (Å²) in [4.78, 5) is 4.91. The fourth-order valence-electron chi connectivity index (χ4n) is 2.23. The molecule has 0 N–H and O–H groups in total. The second kappa shape index (κ2) is 4.28. The molecule has 0 saturated carbocycles. The molecule has 1 aromatic carbocycles. The van der Waals surface area contributed by atoms with Crippen LogP contribution in [0.1, 0.15) is 0 Å². The Morgan fingerprint density at radius 2 is 1.95 bits per heavy atom. The van der Waals surface area contributed by atoms with E-state index in [1.165, 1.54) is 0 Å². The van der Waals surface area contributed by atoms with E-state index in [4.69, 9.17) is 4.74 Å². The van der Waals surface area contributed by atoms with Crippen molar-refractivity contribution >= 4 is 26.5 Å². The van der Waals surface area contributed by atoms with Gasteiger partial charge in [-0.25, -0.2) is 0 Å². The monoisotopic (exact) mass is 282 g/mol. The topological polar surface area (TPSA) is 52.3 Å². The summed E-state index contributed by atoms with van der Waals surface area (Å²) >= 11 is 1.60. The molecule has 0 radical (unpaired) electrons. The number of thiazole rings is 1. The molecule has 6 heteroatoms. The van der Waals surface area contributed by atoms with E-state index in [2.05, 4.69) is 19.6 Å². The molecule has 0 saturated heterocycles. The molecule has 0 bridgehead atoms. The predicted molar refractivity (Wildman–Crippen MR) is 78.2 cm³/mol. The van der Waals surface area contributed by atoms with Gasteiger partial charge in [0.2, 0.25) is 4.96 Å². The van der Waals surface area contributed by atoms with Crippen molar-refractivity contribution in [3.8, 4) is 17.1 Å². The summed E-state index contributed by atoms with van der Waals surface area (Å²) in [6.07, 6.45) is 3.52. The Morgan fingerprint density at radius 3 is 2.75 bits per heavy atom. The second-order valence-electron chi connectivity index (χ2n) is 4.31. The first-order chi connectivity index (χ1) is 9.86. The third-order valence-electron chi connectivity index (χ3n) is 3.18. The van der Waals surface area contributed by atoms with Crippen LogP contribution in [-0.4, -0.2) is 26.7 Å². The van der Waals surface area contributed by atoms with Crippen molar-refractivity contribution < 1.29 is 4.74 Å². The van der Waals surface area contributed by atoms with Gasteiger partial charge < -0.3 is 4.74 Å². The van der Waals surface area contributed by atoms with Crippen molar-refractivity contribution in [2.45, 2.75) is 0 Å². The van der Waals surface area contributed by atoms with Crippen molar-refractivity contribution in [2.24, 2.45) is 0 Å². The first-order valence-corrected chi connectivity index (χ1v) is 6.90. The lowest BCUT2D eigenvalue weighted by Crippen LogP contribution is -1.88. The van der Waals surface area contributed by atoms with E-state index in [1.807, 2.05) is 30.3 Å². The molecule has 5 nitrogen and oxygen atoms in total. The van der Waals surface area contributed by atoms with E-state index in [0.29, 0.717) is 0 Å². The van der Waals surface area contributed by atoms with E-state index in [0.717, 1.165) is 32.3 Å². The molecular formula is C14H10N4OS. The number of fused-ring (bicyclic) bond motifs is 3. The van der Waals surface area contributed by atoms with Crippen LogP contribution in [0.5, 0.6) is 5.75 Å². The van der Waals surface area contributed by atoms with Crippen LogP contribution in [0, 0.1) is 0 Å². The maximum Gasteiger partial charge on any atom is 0.217 e. The van der Waals surface area contributed by atoms with Crippen LogP contribution in [0.25, 0.3) is 26.6 Å². The number of methoxy groups -OCH3 is 1. The number of hydrogen-bond donors (Lipinski definition) is 0. The molecule has 0 aliphatic heterocycles. The van der Waals surface area contributed by atoms with Crippen molar-refractivity contribution in [3.05, 3.63) is 42.7 Å². The van der Waals surface area contributed by atoms with E-state index in [-0.39, 0.29) is 0 Å². The molecule has 0 aliphatic carbocycles. The smallest absolute Gasteiger partial charge is 0.217 e. The molecule has 0 amide bonds. The summed E-state index contributed by atoms with van der Waals surface area (Å²) in [7, 11) is 1.67. The van der Waals surface area contributed by atoms with Gasteiger partial charge in [-0.3, -0.25) is 9.38 Å². The van der Waals surface area contributed by atoms with Gasteiger partial charge in [-0.1, -0.05) is 11.3 Å². The highest BCUT2D eigenvalue weighted by Crippen LogP contribution is 2.32. The van der Waals surface area contributed by atoms with Gasteiger partial charge in [0.1, 0.15) is 5.75 Å². The number of rotatable bonds is 2. The number of pyridine rings is 1. The first kappa shape index (κ1) is 11.4. The zero-order valence-corrected chi connectivity index (χ0v) is 11.5. The third kappa shape index (κ3) is 1.58. The van der Waals surface area contributed by atoms with Crippen molar-refractivity contribution in [1.29, 1.82) is 0 Å². The van der Waals surface area contributed by atoms with Crippen LogP contribution < -0.4 is 4.74 Å². The zero-order valence-electron chi connectivity index (χ0n) is 10.6. The third-order valence-corrected chi connectivity index (χ3v) is 4.17. The normalized spacial score (nSPS) is 11.2. The fraction of sp³-hybridized carbons (Fsp3) is 0.0714. The second-order valence-corrected chi connectivity index (χ2v) is 5.32. The predicted octanol–water partition coefficient (Wildman–Crippen LogP) is 3.01. The Labute approximate surface area is 118 Å². The van der Waals surface area contributed by atoms with E-state index < -0.39 is 0 Å². The molecule has 4 aromatic rings. The van der Waals surface area contributed by atoms with Gasteiger partial charge >= 0.3 is 0 Å². The van der Waals surface area contributed by atoms with E-state index in [9.17, 15) is 0 Å². The Balaban J connectivity index is 2.04. The maximum atomic E-state index is 5.26. The molecule has 98 valence electrons. The minimum absolute atomic E-state index is 0.832. The summed E-state index contributed by atoms with van der Waals surface area (Å²) in [5.41, 5.74) is 2.09. The van der Waals surface area contributed by atoms with E-state index >= 15 is 0 Å². The number of hydrogen-bond acceptors (Lipinski definition) is 5. The van der Waals surface area contributed by atoms with Gasteiger partial charge in [0.15, 0.2) is 5.82 Å². The van der Waals surface area contributed by atoms with Crippen LogP contribution in [0.15, 0.2) is 42.7 Å². The lowest BCUT2D eigenvalue weighted by atomic mass is 10.2. The summed E-state index contributed by atoms with van der Waals surface area (Å²) < 4.78 is 8.46. The highest BCUT2D eigenvalue weighted by molar-refractivity contribution is 7.23. The van der Waals surface area contributed by atoms with Gasteiger partial charge in [0, 0.05) is 18.0 Å². The summed E-state index contributed by atoms with van der Waals surface area (Å²) in [5.74, 6) is 1.68. The van der Waals surface area contributed by atoms with Crippen molar-refractivity contribution in [1.82, 2.24) is 19.6 Å². The van der Waals surface area contributed by atoms with Gasteiger partial charge in [-0.15, -0.1) is 10.2 Å². The van der Waals surface area contributed by atoms with Crippen molar-refractivity contribution in [3.63, 3.8) is 0 Å². The van der Waals surface area contributed by atoms with E-state index in [1.54, 1.807) is 30.8 Å². The Bertz CT molecular complexity index is 897. The van der Waals surface area contributed by atoms with Crippen LogP contribution in [0.2, 0.25) is 0 Å². The van der Waals surface area contributed by atoms with Crippen LogP contribution in [0.3, 0.4) is 0 Å². The Morgan fingerprint density at radius 1 is 1.10 bits per heavy atom. The molecule has 0 unspecified atom stereocenters. The highest BCUT2D eigenvalue weighted by atomic mass is 32.1. The molecule has 0 aliphatic rings. The lowest BCUT2D eigenvalue weighted by molar-refractivity contribution is 0.415. The molecule has 3 heterocycles. The molecule has 4 rings (SSSR count). The largest absolute Gasteiger partial charge is 0.497 e. The number of ether oxygens (including phenoxy) is 1. The van der Waals surface area contributed by atoms with Gasteiger partial charge in [0.05, 0.1) is 17.3 Å². The average molecular weight is 282 g/mol. The number of aromatic nitrogens is 4. The summed E-state index contributed by atoms with van der Waals surface area (Å²) in [6.45, 7) is 0. The van der Waals surface area contributed by atoms with Crippen LogP contribution >= 0.6 is 11.3 Å². The minimum Gasteiger partial charge on any atom is -0.497 e. The molecule has 0 fully saturated rings. The minimum atomic E-state index is 0.832. The van der Waals surface area contributed by atoms with Crippen LogP contribution in [-0.2, 0) is 0 Å². The molecule has 0 atom stereocenters. The number of nitrogens with zero attached hydrogens (tertiary/aromatic N) is 4. The Kier molecular flexibility index (Phi) is 2.43. The maximum absolute atomic E-state index is 5.26. The average Bonchev–Trinajstić information content (AvgIpc) is 3.06.